The zero-order chi connectivity index (χ0) is 23.0. The molecular formula is C25H32N2O4S2. The number of hydrogen-bond donors (Lipinski definition) is 2. The number of carboxylic acids is 1. The van der Waals surface area contributed by atoms with Crippen LogP contribution >= 0.6 is 23.1 Å². The Balaban J connectivity index is 1.38. The quantitative estimate of drug-likeness (QED) is 0.416. The molecule has 0 spiro atoms. The lowest BCUT2D eigenvalue weighted by atomic mass is 9.88. The molecular weight excluding hydrogens is 456 g/mol. The predicted octanol–water partition coefficient (Wildman–Crippen LogP) is 6.48. The van der Waals surface area contributed by atoms with Crippen LogP contribution in [0.2, 0.25) is 0 Å². The maximum atomic E-state index is 13.4. The zero-order valence-electron chi connectivity index (χ0n) is 18.8. The first-order valence-electron chi connectivity index (χ1n) is 11.8. The molecule has 2 amide bonds. The van der Waals surface area contributed by atoms with Gasteiger partial charge in [0.25, 0.3) is 0 Å². The van der Waals surface area contributed by atoms with Gasteiger partial charge in [-0.15, -0.1) is 23.1 Å². The maximum absolute atomic E-state index is 13.4. The number of urea groups is 1. The lowest BCUT2D eigenvalue weighted by Crippen LogP contribution is -2.51. The van der Waals surface area contributed by atoms with E-state index in [1.807, 2.05) is 42.5 Å². The van der Waals surface area contributed by atoms with E-state index >= 15 is 0 Å². The van der Waals surface area contributed by atoms with Crippen LogP contribution in [0.3, 0.4) is 0 Å². The van der Waals surface area contributed by atoms with Gasteiger partial charge in [0, 0.05) is 12.1 Å². The third-order valence-corrected chi connectivity index (χ3v) is 8.65. The largest absolute Gasteiger partial charge is 0.490 e. The van der Waals surface area contributed by atoms with Gasteiger partial charge in [0.15, 0.2) is 0 Å². The number of thiophene rings is 1. The maximum Gasteiger partial charge on any atom is 0.322 e. The number of ether oxygens (including phenoxy) is 1. The van der Waals surface area contributed by atoms with Crippen molar-refractivity contribution >= 4 is 40.1 Å². The van der Waals surface area contributed by atoms with Crippen LogP contribution in [0.1, 0.15) is 57.8 Å². The number of para-hydroxylation sites is 1. The minimum absolute atomic E-state index is 0.0223. The van der Waals surface area contributed by atoms with Gasteiger partial charge in [-0.05, 0) is 62.8 Å². The number of carboxylic acid groups (broad SMARTS) is 1. The summed E-state index contributed by atoms with van der Waals surface area (Å²) in [7, 11) is 0. The number of anilines is 1. The van der Waals surface area contributed by atoms with Gasteiger partial charge in [-0.25, -0.2) is 4.79 Å². The molecule has 33 heavy (non-hydrogen) atoms. The Kier molecular flexibility index (Phi) is 8.56. The molecule has 178 valence electrons. The monoisotopic (exact) mass is 488 g/mol. The molecule has 0 bridgehead atoms. The molecule has 8 heteroatoms. The SMILES string of the molecule is O=C(O)CSc1ccc(NC(=O)N(C2CCCCC2)[C@H]2CC[C@H](Oc3ccccc3)CC2)s1. The van der Waals surface area contributed by atoms with Crippen molar-refractivity contribution in [1.29, 1.82) is 0 Å². The third-order valence-electron chi connectivity index (χ3n) is 6.44. The number of hydrogen-bond acceptors (Lipinski definition) is 5. The van der Waals surface area contributed by atoms with Gasteiger partial charge in [-0.2, -0.15) is 0 Å². The molecule has 0 unspecified atom stereocenters. The van der Waals surface area contributed by atoms with Crippen LogP contribution in [0, 0.1) is 0 Å². The normalized spacial score (nSPS) is 21.3. The zero-order valence-corrected chi connectivity index (χ0v) is 20.4. The lowest BCUT2D eigenvalue weighted by molar-refractivity contribution is -0.133. The minimum Gasteiger partial charge on any atom is -0.490 e. The highest BCUT2D eigenvalue weighted by Crippen LogP contribution is 2.34. The van der Waals surface area contributed by atoms with Gasteiger partial charge in [0.2, 0.25) is 0 Å². The second kappa shape index (κ2) is 11.8. The van der Waals surface area contributed by atoms with Gasteiger partial charge in [-0.1, -0.05) is 37.5 Å². The number of amides is 2. The molecule has 1 heterocycles. The van der Waals surface area contributed by atoms with Crippen molar-refractivity contribution in [2.24, 2.45) is 0 Å². The van der Waals surface area contributed by atoms with E-state index < -0.39 is 5.97 Å². The molecule has 0 radical (unpaired) electrons. The van der Waals surface area contributed by atoms with Crippen LogP contribution in [0.25, 0.3) is 0 Å². The first kappa shape index (κ1) is 24.0. The highest BCUT2D eigenvalue weighted by molar-refractivity contribution is 8.01. The van der Waals surface area contributed by atoms with Crippen LogP contribution in [-0.4, -0.2) is 45.9 Å². The van der Waals surface area contributed by atoms with Gasteiger partial charge in [-0.3, -0.25) is 10.1 Å². The first-order valence-corrected chi connectivity index (χ1v) is 13.6. The van der Waals surface area contributed by atoms with Crippen molar-refractivity contribution in [3.8, 4) is 5.75 Å². The summed E-state index contributed by atoms with van der Waals surface area (Å²) in [5.41, 5.74) is 0. The highest BCUT2D eigenvalue weighted by Gasteiger charge is 2.35. The van der Waals surface area contributed by atoms with E-state index in [4.69, 9.17) is 9.84 Å². The van der Waals surface area contributed by atoms with Crippen molar-refractivity contribution < 1.29 is 19.4 Å². The van der Waals surface area contributed by atoms with Crippen LogP contribution in [0.5, 0.6) is 5.75 Å². The smallest absolute Gasteiger partial charge is 0.322 e. The predicted molar refractivity (Wildman–Crippen MR) is 134 cm³/mol. The fourth-order valence-electron chi connectivity index (χ4n) is 4.89. The first-order chi connectivity index (χ1) is 16.1. The Morgan fingerprint density at radius 1 is 0.970 bits per heavy atom. The summed E-state index contributed by atoms with van der Waals surface area (Å²) in [5, 5.41) is 12.8. The van der Waals surface area contributed by atoms with Crippen LogP contribution in [0.4, 0.5) is 9.80 Å². The molecule has 0 atom stereocenters. The van der Waals surface area contributed by atoms with Crippen molar-refractivity contribution in [2.45, 2.75) is 80.2 Å². The Labute approximate surface area is 203 Å². The topological polar surface area (TPSA) is 78.9 Å². The summed E-state index contributed by atoms with van der Waals surface area (Å²) in [6, 6.07) is 14.2. The summed E-state index contributed by atoms with van der Waals surface area (Å²) in [6.45, 7) is 0. The van der Waals surface area contributed by atoms with Gasteiger partial charge >= 0.3 is 12.0 Å². The number of nitrogens with zero attached hydrogens (tertiary/aromatic N) is 1. The fraction of sp³-hybridized carbons (Fsp3) is 0.520. The highest BCUT2D eigenvalue weighted by atomic mass is 32.2. The summed E-state index contributed by atoms with van der Waals surface area (Å²) in [6.07, 6.45) is 9.74. The molecule has 2 aliphatic rings. The number of rotatable bonds is 8. The summed E-state index contributed by atoms with van der Waals surface area (Å²) in [4.78, 5) is 26.4. The number of aliphatic carboxylic acids is 1. The molecule has 2 fully saturated rings. The number of carbonyl (C=O) groups is 2. The fourth-order valence-corrected chi connectivity index (χ4v) is 6.63. The lowest BCUT2D eigenvalue weighted by Gasteiger charge is -2.42. The Hall–Kier alpha value is -2.19. The van der Waals surface area contributed by atoms with Crippen molar-refractivity contribution in [3.63, 3.8) is 0 Å². The van der Waals surface area contributed by atoms with E-state index in [1.165, 1.54) is 42.4 Å². The van der Waals surface area contributed by atoms with Crippen molar-refractivity contribution in [2.75, 3.05) is 11.1 Å². The van der Waals surface area contributed by atoms with Crippen LogP contribution in [-0.2, 0) is 4.79 Å². The molecule has 1 aromatic carbocycles. The Morgan fingerprint density at radius 2 is 1.67 bits per heavy atom. The second-order valence-electron chi connectivity index (χ2n) is 8.79. The second-order valence-corrected chi connectivity index (χ2v) is 11.2. The minimum atomic E-state index is -0.839. The van der Waals surface area contributed by atoms with Gasteiger partial charge in [0.1, 0.15) is 5.75 Å². The van der Waals surface area contributed by atoms with Gasteiger partial charge in [0.05, 0.1) is 21.1 Å². The van der Waals surface area contributed by atoms with E-state index in [-0.39, 0.29) is 30.0 Å². The van der Waals surface area contributed by atoms with E-state index in [9.17, 15) is 9.59 Å². The van der Waals surface area contributed by atoms with E-state index in [1.54, 1.807) is 0 Å². The summed E-state index contributed by atoms with van der Waals surface area (Å²) in [5.74, 6) is 0.0996. The molecule has 1 aromatic heterocycles. The van der Waals surface area contributed by atoms with Crippen molar-refractivity contribution in [3.05, 3.63) is 42.5 Å². The summed E-state index contributed by atoms with van der Waals surface area (Å²) < 4.78 is 7.06. The Bertz CT molecular complexity index is 906. The molecule has 2 saturated carbocycles. The standard InChI is InChI=1S/C25H32N2O4S2/c28-23(29)17-32-24-16-15-22(33-24)26-25(30)27(18-7-3-1-4-8-18)19-11-13-21(14-12-19)31-20-9-5-2-6-10-20/h2,5-6,9-10,15-16,18-19,21H,1,3-4,7-8,11-14,17H2,(H,26,30)(H,28,29)/t19-,21-. The Morgan fingerprint density at radius 3 is 2.36 bits per heavy atom. The van der Waals surface area contributed by atoms with Crippen LogP contribution in [0.15, 0.2) is 46.7 Å². The summed E-state index contributed by atoms with van der Waals surface area (Å²) >= 11 is 2.72. The van der Waals surface area contributed by atoms with E-state index in [0.29, 0.717) is 0 Å². The third kappa shape index (κ3) is 6.90. The van der Waals surface area contributed by atoms with E-state index in [2.05, 4.69) is 10.2 Å². The number of benzene rings is 1. The average Bonchev–Trinajstić information content (AvgIpc) is 3.27. The van der Waals surface area contributed by atoms with Gasteiger partial charge < -0.3 is 14.7 Å². The molecule has 4 rings (SSSR count). The van der Waals surface area contributed by atoms with Crippen LogP contribution < -0.4 is 10.1 Å². The molecule has 2 aliphatic carbocycles. The number of carbonyl (C=O) groups excluding carboxylic acids is 1. The van der Waals surface area contributed by atoms with E-state index in [0.717, 1.165) is 53.5 Å². The molecule has 6 nitrogen and oxygen atoms in total. The average molecular weight is 489 g/mol. The number of nitrogens with one attached hydrogen (secondary N) is 1. The molecule has 0 aliphatic heterocycles. The van der Waals surface area contributed by atoms with Crippen molar-refractivity contribution in [1.82, 2.24) is 4.90 Å². The molecule has 2 N–H and O–H groups in total. The molecule has 0 saturated heterocycles. The number of thioether (sulfide) groups is 1. The molecule has 2 aromatic rings.